The molecule has 7 nitrogen and oxygen atoms in total. The van der Waals surface area contributed by atoms with E-state index in [9.17, 15) is 13.2 Å². The third-order valence-electron chi connectivity index (χ3n) is 5.42. The molecular weight excluding hydrogens is 412 g/mol. The van der Waals surface area contributed by atoms with Crippen LogP contribution in [0.1, 0.15) is 17.5 Å². The predicted molar refractivity (Wildman–Crippen MR) is 120 cm³/mol. The molecule has 5 rings (SSSR count). The number of fused-ring (bicyclic) bond motifs is 2. The molecule has 0 fully saturated rings. The summed E-state index contributed by atoms with van der Waals surface area (Å²) in [5, 5.41) is 2.77. The molecule has 0 atom stereocenters. The Bertz CT molecular complexity index is 1410. The Kier molecular flexibility index (Phi) is 4.51. The zero-order valence-corrected chi connectivity index (χ0v) is 17.6. The van der Waals surface area contributed by atoms with Crippen LogP contribution in [0.3, 0.4) is 0 Å². The Morgan fingerprint density at radius 3 is 2.77 bits per heavy atom. The number of amides is 1. The minimum Gasteiger partial charge on any atom is -0.326 e. The first kappa shape index (κ1) is 19.3. The fourth-order valence-electron chi connectivity index (χ4n) is 3.70. The zero-order chi connectivity index (χ0) is 21.6. The van der Waals surface area contributed by atoms with Crippen LogP contribution in [0, 0.1) is 6.92 Å². The number of hydrogen-bond acceptors (Lipinski definition) is 4. The molecule has 4 aromatic rings. The number of carbonyl (C=O) groups is 1. The monoisotopic (exact) mass is 432 g/mol. The second-order valence-electron chi connectivity index (χ2n) is 7.59. The summed E-state index contributed by atoms with van der Waals surface area (Å²) < 4.78 is 30.8. The van der Waals surface area contributed by atoms with Crippen molar-refractivity contribution in [2.24, 2.45) is 0 Å². The maximum atomic E-state index is 13.1. The van der Waals surface area contributed by atoms with E-state index in [1.165, 1.54) is 6.07 Å². The normalized spacial score (nSPS) is 13.6. The van der Waals surface area contributed by atoms with Crippen LogP contribution in [0.15, 0.2) is 71.9 Å². The van der Waals surface area contributed by atoms with Crippen molar-refractivity contribution in [3.05, 3.63) is 78.1 Å². The van der Waals surface area contributed by atoms with Crippen molar-refractivity contribution in [1.29, 1.82) is 0 Å². The molecule has 0 bridgehead atoms. The molecule has 1 amide bonds. The van der Waals surface area contributed by atoms with Gasteiger partial charge in [-0.05, 0) is 60.9 Å². The number of nitrogens with zero attached hydrogens (tertiary/aromatic N) is 2. The lowest BCUT2D eigenvalue weighted by Crippen LogP contribution is -2.20. The van der Waals surface area contributed by atoms with E-state index in [1.54, 1.807) is 18.2 Å². The second kappa shape index (κ2) is 7.24. The summed E-state index contributed by atoms with van der Waals surface area (Å²) >= 11 is 0. The Morgan fingerprint density at radius 2 is 1.94 bits per heavy atom. The quantitative estimate of drug-likeness (QED) is 0.510. The molecular formula is C23H20N4O3S. The van der Waals surface area contributed by atoms with Crippen molar-refractivity contribution < 1.29 is 13.2 Å². The number of carbonyl (C=O) groups excluding carboxylic acids is 1. The van der Waals surface area contributed by atoms with E-state index >= 15 is 0 Å². The number of nitrogens with one attached hydrogen (secondary N) is 2. The largest absolute Gasteiger partial charge is 0.326 e. The van der Waals surface area contributed by atoms with Gasteiger partial charge in [0.2, 0.25) is 5.91 Å². The van der Waals surface area contributed by atoms with Gasteiger partial charge in [-0.3, -0.25) is 9.52 Å². The van der Waals surface area contributed by atoms with Crippen LogP contribution >= 0.6 is 0 Å². The zero-order valence-electron chi connectivity index (χ0n) is 16.8. The van der Waals surface area contributed by atoms with E-state index in [1.807, 2.05) is 54.0 Å². The van der Waals surface area contributed by atoms with E-state index in [4.69, 9.17) is 0 Å². The van der Waals surface area contributed by atoms with Crippen molar-refractivity contribution in [3.8, 4) is 11.3 Å². The van der Waals surface area contributed by atoms with Gasteiger partial charge in [-0.25, -0.2) is 13.4 Å². The van der Waals surface area contributed by atoms with Gasteiger partial charge in [-0.2, -0.15) is 0 Å². The minimum atomic E-state index is -3.79. The van der Waals surface area contributed by atoms with E-state index in [0.717, 1.165) is 28.0 Å². The van der Waals surface area contributed by atoms with Crippen molar-refractivity contribution in [1.82, 2.24) is 9.38 Å². The number of pyridine rings is 1. The summed E-state index contributed by atoms with van der Waals surface area (Å²) in [6.07, 6.45) is 4.70. The van der Waals surface area contributed by atoms with Gasteiger partial charge in [0.05, 0.1) is 16.3 Å². The maximum Gasteiger partial charge on any atom is 0.261 e. The van der Waals surface area contributed by atoms with Gasteiger partial charge in [0, 0.05) is 30.1 Å². The summed E-state index contributed by atoms with van der Waals surface area (Å²) in [7, 11) is -3.79. The van der Waals surface area contributed by atoms with Crippen LogP contribution in [-0.2, 0) is 21.2 Å². The standard InChI is InChI=1S/C23H20N4O3S/c1-15-5-6-17(21-14-27-11-3-2-4-22(27)24-21)13-20(15)26-31(29,30)18-8-9-19-16(12-18)7-10-23(28)25-19/h2-6,8-9,11-14,26H,7,10H2,1H3,(H,25,28). The minimum absolute atomic E-state index is 0.0550. The number of benzene rings is 2. The third kappa shape index (κ3) is 3.66. The highest BCUT2D eigenvalue weighted by Gasteiger charge is 2.21. The number of imidazole rings is 1. The van der Waals surface area contributed by atoms with Crippen LogP contribution < -0.4 is 10.0 Å². The third-order valence-corrected chi connectivity index (χ3v) is 6.79. The highest BCUT2D eigenvalue weighted by molar-refractivity contribution is 7.92. The van der Waals surface area contributed by atoms with Crippen molar-refractivity contribution in [3.63, 3.8) is 0 Å². The summed E-state index contributed by atoms with van der Waals surface area (Å²) in [4.78, 5) is 16.3. The van der Waals surface area contributed by atoms with Crippen LogP contribution in [0.5, 0.6) is 0 Å². The predicted octanol–water partition coefficient (Wildman–Crippen LogP) is 4.00. The van der Waals surface area contributed by atoms with Gasteiger partial charge in [0.25, 0.3) is 10.0 Å². The van der Waals surface area contributed by atoms with E-state index in [2.05, 4.69) is 15.0 Å². The first-order valence-electron chi connectivity index (χ1n) is 9.89. The lowest BCUT2D eigenvalue weighted by molar-refractivity contribution is -0.116. The van der Waals surface area contributed by atoms with E-state index in [0.29, 0.717) is 24.2 Å². The van der Waals surface area contributed by atoms with Crippen LogP contribution in [0.4, 0.5) is 11.4 Å². The molecule has 2 N–H and O–H groups in total. The number of aryl methyl sites for hydroxylation is 2. The lowest BCUT2D eigenvalue weighted by atomic mass is 10.0. The Hall–Kier alpha value is -3.65. The average Bonchev–Trinajstić information content (AvgIpc) is 3.19. The smallest absolute Gasteiger partial charge is 0.261 e. The molecule has 31 heavy (non-hydrogen) atoms. The summed E-state index contributed by atoms with van der Waals surface area (Å²) in [5.74, 6) is -0.0550. The van der Waals surface area contributed by atoms with E-state index in [-0.39, 0.29) is 10.8 Å². The van der Waals surface area contributed by atoms with Gasteiger partial charge < -0.3 is 9.72 Å². The molecule has 3 heterocycles. The molecule has 8 heteroatoms. The Labute approximate surface area is 179 Å². The van der Waals surface area contributed by atoms with Gasteiger partial charge in [-0.15, -0.1) is 0 Å². The van der Waals surface area contributed by atoms with Gasteiger partial charge >= 0.3 is 0 Å². The molecule has 0 unspecified atom stereocenters. The number of aromatic nitrogens is 2. The maximum absolute atomic E-state index is 13.1. The molecule has 0 radical (unpaired) electrons. The highest BCUT2D eigenvalue weighted by Crippen LogP contribution is 2.29. The summed E-state index contributed by atoms with van der Waals surface area (Å²) in [6.45, 7) is 1.85. The molecule has 0 aliphatic carbocycles. The molecule has 2 aromatic carbocycles. The lowest BCUT2D eigenvalue weighted by Gasteiger charge is -2.18. The highest BCUT2D eigenvalue weighted by atomic mass is 32.2. The summed E-state index contributed by atoms with van der Waals surface area (Å²) in [5.41, 5.74) is 5.19. The Morgan fingerprint density at radius 1 is 1.06 bits per heavy atom. The average molecular weight is 433 g/mol. The van der Waals surface area contributed by atoms with Gasteiger partial charge in [0.15, 0.2) is 0 Å². The second-order valence-corrected chi connectivity index (χ2v) is 9.28. The Balaban J connectivity index is 1.48. The van der Waals surface area contributed by atoms with Gasteiger partial charge in [-0.1, -0.05) is 18.2 Å². The van der Waals surface area contributed by atoms with E-state index < -0.39 is 10.0 Å². The van der Waals surface area contributed by atoms with Crippen LogP contribution in [0.25, 0.3) is 16.9 Å². The van der Waals surface area contributed by atoms with Crippen LogP contribution in [-0.4, -0.2) is 23.7 Å². The SMILES string of the molecule is Cc1ccc(-c2cn3ccccc3n2)cc1NS(=O)(=O)c1ccc2c(c1)CCC(=O)N2. The van der Waals surface area contributed by atoms with Crippen LogP contribution in [0.2, 0.25) is 0 Å². The molecule has 156 valence electrons. The topological polar surface area (TPSA) is 92.6 Å². The first-order valence-corrected chi connectivity index (χ1v) is 11.4. The molecule has 2 aromatic heterocycles. The fraction of sp³-hybridized carbons (Fsp3) is 0.130. The fourth-order valence-corrected chi connectivity index (χ4v) is 4.87. The van der Waals surface area contributed by atoms with Gasteiger partial charge in [0.1, 0.15) is 5.65 Å². The molecule has 0 spiro atoms. The summed E-state index contributed by atoms with van der Waals surface area (Å²) in [6, 6.07) is 16.1. The first-order chi connectivity index (χ1) is 14.9. The van der Waals surface area contributed by atoms with Crippen molar-refractivity contribution in [2.75, 3.05) is 10.0 Å². The molecule has 0 saturated carbocycles. The number of hydrogen-bond donors (Lipinski definition) is 2. The van der Waals surface area contributed by atoms with Crippen molar-refractivity contribution >= 4 is 33.0 Å². The molecule has 1 aliphatic heterocycles. The number of anilines is 2. The number of rotatable bonds is 4. The molecule has 1 aliphatic rings. The number of sulfonamides is 1. The van der Waals surface area contributed by atoms with Crippen molar-refractivity contribution in [2.45, 2.75) is 24.7 Å². The molecule has 0 saturated heterocycles.